The van der Waals surface area contributed by atoms with E-state index in [4.69, 9.17) is 4.74 Å². The van der Waals surface area contributed by atoms with Gasteiger partial charge in [-0.1, -0.05) is 19.3 Å². The number of hydrogen-bond acceptors (Lipinski definition) is 4. The third kappa shape index (κ3) is 5.09. The number of ether oxygens (including phenoxy) is 1. The highest BCUT2D eigenvalue weighted by Gasteiger charge is 2.30. The van der Waals surface area contributed by atoms with Gasteiger partial charge in [-0.2, -0.15) is 13.2 Å². The number of nitrogens with zero attached hydrogens (tertiary/aromatic N) is 2. The van der Waals surface area contributed by atoms with Gasteiger partial charge in [-0.05, 0) is 37.7 Å². The summed E-state index contributed by atoms with van der Waals surface area (Å²) < 4.78 is 42.5. The second kappa shape index (κ2) is 8.24. The molecule has 0 atom stereocenters. The van der Waals surface area contributed by atoms with Crippen LogP contribution in [0.25, 0.3) is 0 Å². The van der Waals surface area contributed by atoms with Crippen molar-refractivity contribution in [1.82, 2.24) is 15.4 Å². The molecule has 144 valence electrons. The lowest BCUT2D eigenvalue weighted by atomic mass is 9.84. The van der Waals surface area contributed by atoms with Crippen LogP contribution in [0.3, 0.4) is 0 Å². The first-order chi connectivity index (χ1) is 12.4. The molecule has 1 aromatic heterocycles. The van der Waals surface area contributed by atoms with Crippen LogP contribution in [0, 0.1) is 0 Å². The molecule has 2 aliphatic rings. The molecule has 0 spiro atoms. The first kappa shape index (κ1) is 18.9. The van der Waals surface area contributed by atoms with Crippen LogP contribution in [0.1, 0.15) is 66.8 Å². The number of aromatic nitrogens is 1. The van der Waals surface area contributed by atoms with E-state index >= 15 is 0 Å². The van der Waals surface area contributed by atoms with Crippen molar-refractivity contribution in [2.45, 2.75) is 57.0 Å². The third-order valence-electron chi connectivity index (χ3n) is 4.92. The molecule has 0 bridgehead atoms. The van der Waals surface area contributed by atoms with E-state index in [0.29, 0.717) is 11.1 Å². The summed E-state index contributed by atoms with van der Waals surface area (Å²) in [5.41, 5.74) is 3.81. The highest BCUT2D eigenvalue weighted by molar-refractivity contribution is 5.93. The molecule has 0 unspecified atom stereocenters. The topological polar surface area (TPSA) is 54.5 Å². The normalized spacial score (nSPS) is 19.5. The largest absolute Gasteiger partial charge is 0.468 e. The van der Waals surface area contributed by atoms with Crippen molar-refractivity contribution in [3.05, 3.63) is 23.4 Å². The minimum atomic E-state index is -4.42. The lowest BCUT2D eigenvalue weighted by molar-refractivity contribution is -0.154. The van der Waals surface area contributed by atoms with Gasteiger partial charge in [0.25, 0.3) is 5.91 Å². The molecular weight excluding hydrogens is 347 g/mol. The maximum atomic E-state index is 12.5. The van der Waals surface area contributed by atoms with Gasteiger partial charge in [0.05, 0.1) is 5.56 Å². The van der Waals surface area contributed by atoms with Crippen LogP contribution in [0.15, 0.2) is 12.3 Å². The van der Waals surface area contributed by atoms with Gasteiger partial charge < -0.3 is 4.74 Å². The summed E-state index contributed by atoms with van der Waals surface area (Å²) in [6.07, 6.45) is 3.87. The van der Waals surface area contributed by atoms with Crippen LogP contribution in [-0.4, -0.2) is 41.8 Å². The number of halogens is 3. The number of hydrazine groups is 1. The van der Waals surface area contributed by atoms with E-state index in [1.165, 1.54) is 6.20 Å². The van der Waals surface area contributed by atoms with Gasteiger partial charge in [-0.25, -0.2) is 9.99 Å². The maximum absolute atomic E-state index is 12.5. The summed E-state index contributed by atoms with van der Waals surface area (Å²) in [6, 6.07) is 1.65. The molecule has 2 fully saturated rings. The average Bonchev–Trinajstić information content (AvgIpc) is 3.13. The lowest BCUT2D eigenvalue weighted by Gasteiger charge is -2.24. The van der Waals surface area contributed by atoms with Crippen LogP contribution in [-0.2, 0) is 0 Å². The van der Waals surface area contributed by atoms with Crippen molar-refractivity contribution in [3.8, 4) is 5.88 Å². The third-order valence-corrected chi connectivity index (χ3v) is 4.92. The molecule has 26 heavy (non-hydrogen) atoms. The monoisotopic (exact) mass is 371 g/mol. The van der Waals surface area contributed by atoms with Gasteiger partial charge in [-0.3, -0.25) is 10.2 Å². The first-order valence-electron chi connectivity index (χ1n) is 9.18. The van der Waals surface area contributed by atoms with E-state index in [9.17, 15) is 18.0 Å². The summed E-state index contributed by atoms with van der Waals surface area (Å²) in [6.45, 7) is 0.238. The molecule has 0 aromatic carbocycles. The SMILES string of the molecule is O=C(NN1CCCC1)c1cnc(OCC(F)(F)F)c(C2CCCCC2)c1. The molecule has 1 saturated heterocycles. The summed E-state index contributed by atoms with van der Waals surface area (Å²) in [7, 11) is 0. The Hall–Kier alpha value is -1.83. The van der Waals surface area contributed by atoms with Crippen LogP contribution in [0.2, 0.25) is 0 Å². The molecular formula is C18H24F3N3O2. The Bertz CT molecular complexity index is 625. The first-order valence-corrected chi connectivity index (χ1v) is 9.18. The molecule has 1 aromatic rings. The Labute approximate surface area is 150 Å². The van der Waals surface area contributed by atoms with E-state index in [1.54, 1.807) is 6.07 Å². The molecule has 0 radical (unpaired) electrons. The maximum Gasteiger partial charge on any atom is 0.422 e. The number of carbonyl (C=O) groups is 1. The van der Waals surface area contributed by atoms with Crippen molar-refractivity contribution >= 4 is 5.91 Å². The minimum absolute atomic E-state index is 0.00746. The number of nitrogens with one attached hydrogen (secondary N) is 1. The standard InChI is InChI=1S/C18H24F3N3O2/c19-18(20,21)12-26-17-15(13-6-2-1-3-7-13)10-14(11-22-17)16(25)23-24-8-4-5-9-24/h10-11,13H,1-9,12H2,(H,23,25). The fourth-order valence-electron chi connectivity index (χ4n) is 3.61. The molecule has 1 amide bonds. The molecule has 5 nitrogen and oxygen atoms in total. The molecule has 1 N–H and O–H groups in total. The number of carbonyl (C=O) groups excluding carboxylic acids is 1. The zero-order chi connectivity index (χ0) is 18.6. The summed E-state index contributed by atoms with van der Waals surface area (Å²) in [5.74, 6) is -0.204. The number of amides is 1. The Morgan fingerprint density at radius 3 is 2.54 bits per heavy atom. The van der Waals surface area contributed by atoms with Gasteiger partial charge >= 0.3 is 6.18 Å². The Kier molecular flexibility index (Phi) is 6.01. The highest BCUT2D eigenvalue weighted by Crippen LogP contribution is 2.37. The van der Waals surface area contributed by atoms with E-state index in [1.807, 2.05) is 5.01 Å². The van der Waals surface area contributed by atoms with E-state index < -0.39 is 12.8 Å². The fraction of sp³-hybridized carbons (Fsp3) is 0.667. The number of hydrogen-bond donors (Lipinski definition) is 1. The highest BCUT2D eigenvalue weighted by atomic mass is 19.4. The summed E-state index contributed by atoms with van der Waals surface area (Å²) in [5, 5.41) is 1.86. The van der Waals surface area contributed by atoms with Gasteiger partial charge in [0.15, 0.2) is 6.61 Å². The van der Waals surface area contributed by atoms with Crippen molar-refractivity contribution in [3.63, 3.8) is 0 Å². The van der Waals surface area contributed by atoms with Gasteiger partial charge in [0, 0.05) is 24.8 Å². The van der Waals surface area contributed by atoms with Gasteiger partial charge in [-0.15, -0.1) is 0 Å². The van der Waals surface area contributed by atoms with Crippen molar-refractivity contribution < 1.29 is 22.7 Å². The molecule has 8 heteroatoms. The molecule has 2 heterocycles. The molecule has 1 saturated carbocycles. The summed E-state index contributed by atoms with van der Waals surface area (Å²) in [4.78, 5) is 16.5. The lowest BCUT2D eigenvalue weighted by Crippen LogP contribution is -2.40. The molecule has 3 rings (SSSR count). The predicted octanol–water partition coefficient (Wildman–Crippen LogP) is 3.81. The van der Waals surface area contributed by atoms with E-state index in [0.717, 1.165) is 58.0 Å². The smallest absolute Gasteiger partial charge is 0.422 e. The number of alkyl halides is 3. The number of rotatable bonds is 5. The Morgan fingerprint density at radius 2 is 1.88 bits per heavy atom. The van der Waals surface area contributed by atoms with Crippen LogP contribution in [0.4, 0.5) is 13.2 Å². The Balaban J connectivity index is 1.79. The Morgan fingerprint density at radius 1 is 1.19 bits per heavy atom. The zero-order valence-corrected chi connectivity index (χ0v) is 14.6. The van der Waals surface area contributed by atoms with Crippen molar-refractivity contribution in [2.24, 2.45) is 0 Å². The van der Waals surface area contributed by atoms with Crippen molar-refractivity contribution in [2.75, 3.05) is 19.7 Å². The predicted molar refractivity (Wildman–Crippen MR) is 89.9 cm³/mol. The van der Waals surface area contributed by atoms with Crippen molar-refractivity contribution in [1.29, 1.82) is 0 Å². The molecule has 1 aliphatic heterocycles. The van der Waals surface area contributed by atoms with Crippen LogP contribution >= 0.6 is 0 Å². The van der Waals surface area contributed by atoms with Gasteiger partial charge in [0.2, 0.25) is 5.88 Å². The van der Waals surface area contributed by atoms with E-state index in [-0.39, 0.29) is 17.7 Å². The second-order valence-electron chi connectivity index (χ2n) is 6.99. The molecule has 1 aliphatic carbocycles. The quantitative estimate of drug-likeness (QED) is 0.855. The fourth-order valence-corrected chi connectivity index (χ4v) is 3.61. The summed E-state index contributed by atoms with van der Waals surface area (Å²) >= 11 is 0. The number of pyridine rings is 1. The zero-order valence-electron chi connectivity index (χ0n) is 14.6. The van der Waals surface area contributed by atoms with Gasteiger partial charge in [0.1, 0.15) is 0 Å². The van der Waals surface area contributed by atoms with Crippen LogP contribution < -0.4 is 10.2 Å². The minimum Gasteiger partial charge on any atom is -0.468 e. The second-order valence-corrected chi connectivity index (χ2v) is 6.99. The average molecular weight is 371 g/mol. The van der Waals surface area contributed by atoms with E-state index in [2.05, 4.69) is 10.4 Å². The van der Waals surface area contributed by atoms with Crippen LogP contribution in [0.5, 0.6) is 5.88 Å².